The molecule has 6 heteroatoms. The maximum Gasteiger partial charge on any atom is 0.160 e. The number of rotatable bonds is 6. The van der Waals surface area contributed by atoms with Gasteiger partial charge in [-0.15, -0.1) is 0 Å². The molecule has 94 valence electrons. The summed E-state index contributed by atoms with van der Waals surface area (Å²) in [7, 11) is 0. The summed E-state index contributed by atoms with van der Waals surface area (Å²) in [5, 5.41) is 3.25. The molecule has 2 heterocycles. The highest BCUT2D eigenvalue weighted by atomic mass is 15.3. The van der Waals surface area contributed by atoms with Crippen molar-refractivity contribution in [2.75, 3.05) is 36.9 Å². The van der Waals surface area contributed by atoms with Crippen molar-refractivity contribution in [2.45, 2.75) is 19.3 Å². The van der Waals surface area contributed by atoms with Gasteiger partial charge in [0.2, 0.25) is 0 Å². The number of aromatic nitrogens is 2. The Morgan fingerprint density at radius 1 is 1.24 bits per heavy atom. The summed E-state index contributed by atoms with van der Waals surface area (Å²) in [4.78, 5) is 10.8. The van der Waals surface area contributed by atoms with Crippen molar-refractivity contribution >= 4 is 11.6 Å². The first-order valence-electron chi connectivity index (χ1n) is 6.13. The minimum atomic E-state index is 0.578. The van der Waals surface area contributed by atoms with Gasteiger partial charge in [0, 0.05) is 6.54 Å². The van der Waals surface area contributed by atoms with Crippen LogP contribution in [-0.4, -0.2) is 41.0 Å². The van der Waals surface area contributed by atoms with E-state index in [0.717, 1.165) is 25.3 Å². The minimum Gasteiger partial charge on any atom is -0.369 e. The number of nitrogens with two attached hydrogens (primary N) is 1. The van der Waals surface area contributed by atoms with Gasteiger partial charge in [-0.05, 0) is 38.9 Å². The highest BCUT2D eigenvalue weighted by Crippen LogP contribution is 2.08. The second kappa shape index (κ2) is 6.36. The number of hydrogen-bond acceptors (Lipinski definition) is 6. The minimum absolute atomic E-state index is 0.578. The van der Waals surface area contributed by atoms with Crippen molar-refractivity contribution in [3.63, 3.8) is 0 Å². The van der Waals surface area contributed by atoms with Crippen LogP contribution in [0.5, 0.6) is 0 Å². The van der Waals surface area contributed by atoms with Crippen molar-refractivity contribution in [3.8, 4) is 0 Å². The van der Waals surface area contributed by atoms with E-state index >= 15 is 0 Å². The maximum absolute atomic E-state index is 5.27. The monoisotopic (exact) mass is 236 g/mol. The number of hydrogen-bond donors (Lipinski definition) is 3. The Kier molecular flexibility index (Phi) is 4.52. The topological polar surface area (TPSA) is 79.1 Å². The zero-order valence-corrected chi connectivity index (χ0v) is 10.0. The van der Waals surface area contributed by atoms with E-state index in [0.29, 0.717) is 5.82 Å². The SMILES string of the molecule is NNc1cncc(NCCCN2CCCC2)n1. The Bertz CT molecular complexity index is 336. The van der Waals surface area contributed by atoms with Crippen LogP contribution in [0.3, 0.4) is 0 Å². The molecule has 0 radical (unpaired) electrons. The van der Waals surface area contributed by atoms with Gasteiger partial charge in [-0.1, -0.05) is 0 Å². The summed E-state index contributed by atoms with van der Waals surface area (Å²) in [5.41, 5.74) is 2.48. The van der Waals surface area contributed by atoms with E-state index in [1.165, 1.54) is 25.9 Å². The Hall–Kier alpha value is -1.40. The van der Waals surface area contributed by atoms with E-state index in [1.807, 2.05) is 0 Å². The Morgan fingerprint density at radius 3 is 2.76 bits per heavy atom. The standard InChI is InChI=1S/C11H20N6/c12-16-11-9-13-8-10(15-11)14-4-3-7-17-5-1-2-6-17/h8-9H,1-7,12H2,(H2,14,15,16). The van der Waals surface area contributed by atoms with Gasteiger partial charge < -0.3 is 15.6 Å². The van der Waals surface area contributed by atoms with Crippen LogP contribution in [0.25, 0.3) is 0 Å². The number of hydrazine groups is 1. The molecule has 1 aliphatic heterocycles. The average molecular weight is 236 g/mol. The number of nitrogens with one attached hydrogen (secondary N) is 2. The molecule has 17 heavy (non-hydrogen) atoms. The molecule has 6 nitrogen and oxygen atoms in total. The number of nitrogen functional groups attached to an aromatic ring is 1. The summed E-state index contributed by atoms with van der Waals surface area (Å²) < 4.78 is 0. The molecule has 4 N–H and O–H groups in total. The largest absolute Gasteiger partial charge is 0.369 e. The number of nitrogens with zero attached hydrogens (tertiary/aromatic N) is 3. The summed E-state index contributed by atoms with van der Waals surface area (Å²) >= 11 is 0. The van der Waals surface area contributed by atoms with E-state index < -0.39 is 0 Å². The van der Waals surface area contributed by atoms with Crippen LogP contribution in [0, 0.1) is 0 Å². The molecule has 0 spiro atoms. The third-order valence-electron chi connectivity index (χ3n) is 2.94. The second-order valence-electron chi connectivity index (χ2n) is 4.26. The lowest BCUT2D eigenvalue weighted by Crippen LogP contribution is -2.22. The summed E-state index contributed by atoms with van der Waals surface area (Å²) in [6.07, 6.45) is 7.13. The maximum atomic E-state index is 5.27. The van der Waals surface area contributed by atoms with Crippen LogP contribution < -0.4 is 16.6 Å². The van der Waals surface area contributed by atoms with Crippen LogP contribution in [0.4, 0.5) is 11.6 Å². The zero-order chi connectivity index (χ0) is 11.9. The van der Waals surface area contributed by atoms with Gasteiger partial charge in [-0.25, -0.2) is 10.8 Å². The second-order valence-corrected chi connectivity index (χ2v) is 4.26. The smallest absolute Gasteiger partial charge is 0.160 e. The normalized spacial score (nSPS) is 16.1. The first-order chi connectivity index (χ1) is 8.38. The summed E-state index contributed by atoms with van der Waals surface area (Å²) in [6.45, 7) is 4.59. The molecule has 0 bridgehead atoms. The van der Waals surface area contributed by atoms with E-state index in [-0.39, 0.29) is 0 Å². The van der Waals surface area contributed by atoms with Crippen LogP contribution in [-0.2, 0) is 0 Å². The van der Waals surface area contributed by atoms with Crippen LogP contribution >= 0.6 is 0 Å². The van der Waals surface area contributed by atoms with Crippen molar-refractivity contribution in [3.05, 3.63) is 12.4 Å². The molecule has 0 unspecified atom stereocenters. The molecule has 0 atom stereocenters. The average Bonchev–Trinajstić information content (AvgIpc) is 2.88. The van der Waals surface area contributed by atoms with Gasteiger partial charge in [0.05, 0.1) is 12.4 Å². The lowest BCUT2D eigenvalue weighted by atomic mass is 10.4. The predicted molar refractivity (Wildman–Crippen MR) is 68.6 cm³/mol. The molecule has 1 aromatic heterocycles. The van der Waals surface area contributed by atoms with Crippen LogP contribution in [0.1, 0.15) is 19.3 Å². The Labute approximate surface area is 102 Å². The van der Waals surface area contributed by atoms with Gasteiger partial charge in [0.15, 0.2) is 5.82 Å². The van der Waals surface area contributed by atoms with Gasteiger partial charge in [-0.3, -0.25) is 4.98 Å². The van der Waals surface area contributed by atoms with E-state index in [2.05, 4.69) is 25.6 Å². The first-order valence-corrected chi connectivity index (χ1v) is 6.13. The molecule has 0 aromatic carbocycles. The summed E-state index contributed by atoms with van der Waals surface area (Å²) in [6, 6.07) is 0. The third kappa shape index (κ3) is 3.83. The van der Waals surface area contributed by atoms with Crippen molar-refractivity contribution in [1.29, 1.82) is 0 Å². The molecular formula is C11H20N6. The van der Waals surface area contributed by atoms with Crippen molar-refractivity contribution in [1.82, 2.24) is 14.9 Å². The van der Waals surface area contributed by atoms with Crippen LogP contribution in [0.15, 0.2) is 12.4 Å². The fourth-order valence-electron chi connectivity index (χ4n) is 2.05. The van der Waals surface area contributed by atoms with E-state index in [4.69, 9.17) is 5.84 Å². The predicted octanol–water partition coefficient (Wildman–Crippen LogP) is 0.660. The zero-order valence-electron chi connectivity index (χ0n) is 10.0. The fraction of sp³-hybridized carbons (Fsp3) is 0.636. The molecule has 0 saturated carbocycles. The highest BCUT2D eigenvalue weighted by Gasteiger charge is 2.09. The fourth-order valence-corrected chi connectivity index (χ4v) is 2.05. The first kappa shape index (κ1) is 12.1. The number of likely N-dealkylation sites (tertiary alicyclic amines) is 1. The molecule has 1 aromatic rings. The highest BCUT2D eigenvalue weighted by molar-refractivity contribution is 5.40. The quantitative estimate of drug-likeness (QED) is 0.382. The Balaban J connectivity index is 1.66. The molecule has 1 saturated heterocycles. The molecular weight excluding hydrogens is 216 g/mol. The lowest BCUT2D eigenvalue weighted by molar-refractivity contribution is 0.337. The van der Waals surface area contributed by atoms with Gasteiger partial charge in [0.1, 0.15) is 5.82 Å². The van der Waals surface area contributed by atoms with Gasteiger partial charge in [-0.2, -0.15) is 0 Å². The molecule has 1 aliphatic rings. The van der Waals surface area contributed by atoms with E-state index in [1.54, 1.807) is 12.4 Å². The Morgan fingerprint density at radius 2 is 2.00 bits per heavy atom. The molecule has 2 rings (SSSR count). The third-order valence-corrected chi connectivity index (χ3v) is 2.94. The van der Waals surface area contributed by atoms with Crippen molar-refractivity contribution in [2.24, 2.45) is 5.84 Å². The lowest BCUT2D eigenvalue weighted by Gasteiger charge is -2.14. The summed E-state index contributed by atoms with van der Waals surface area (Å²) in [5.74, 6) is 6.61. The van der Waals surface area contributed by atoms with Crippen molar-refractivity contribution < 1.29 is 0 Å². The number of anilines is 2. The molecule has 0 aliphatic carbocycles. The van der Waals surface area contributed by atoms with Gasteiger partial charge in [0.25, 0.3) is 0 Å². The van der Waals surface area contributed by atoms with Gasteiger partial charge >= 0.3 is 0 Å². The van der Waals surface area contributed by atoms with Crippen LogP contribution in [0.2, 0.25) is 0 Å². The van der Waals surface area contributed by atoms with E-state index in [9.17, 15) is 0 Å². The molecule has 0 amide bonds. The molecule has 1 fully saturated rings.